The SMILES string of the molecule is CCCOc1ccc(S(O)(O)CC)cc1-c1cn(C)c(=O)c2ccc(-c3cnn(C)c3)cc12. The van der Waals surface area contributed by atoms with Gasteiger partial charge in [-0.2, -0.15) is 15.7 Å². The van der Waals surface area contributed by atoms with Gasteiger partial charge in [-0.1, -0.05) is 13.0 Å². The minimum absolute atomic E-state index is 0.100. The van der Waals surface area contributed by atoms with Crippen molar-refractivity contribution in [3.8, 4) is 28.0 Å². The maximum absolute atomic E-state index is 12.9. The van der Waals surface area contributed by atoms with Crippen LogP contribution in [0.15, 0.2) is 64.7 Å². The molecular formula is C25H29N3O4S. The molecule has 2 aromatic heterocycles. The number of aryl methyl sites for hydroxylation is 2. The molecule has 0 saturated heterocycles. The van der Waals surface area contributed by atoms with E-state index in [1.807, 2.05) is 38.4 Å². The van der Waals surface area contributed by atoms with Crippen LogP contribution in [-0.2, 0) is 14.1 Å². The van der Waals surface area contributed by atoms with E-state index in [0.717, 1.165) is 34.1 Å². The van der Waals surface area contributed by atoms with Crippen LogP contribution in [0, 0.1) is 0 Å². The molecule has 2 N–H and O–H groups in total. The molecule has 0 spiro atoms. The molecule has 0 bridgehead atoms. The van der Waals surface area contributed by atoms with Crippen LogP contribution in [0.25, 0.3) is 33.0 Å². The van der Waals surface area contributed by atoms with Crippen LogP contribution in [0.5, 0.6) is 5.75 Å². The lowest BCUT2D eigenvalue weighted by molar-refractivity contribution is 0.318. The van der Waals surface area contributed by atoms with Gasteiger partial charge < -0.3 is 9.30 Å². The molecule has 0 aliphatic carbocycles. The van der Waals surface area contributed by atoms with E-state index in [1.165, 1.54) is 0 Å². The van der Waals surface area contributed by atoms with Crippen LogP contribution in [0.2, 0.25) is 0 Å². The van der Waals surface area contributed by atoms with Gasteiger partial charge in [0.25, 0.3) is 5.56 Å². The molecule has 174 valence electrons. The monoisotopic (exact) mass is 467 g/mol. The molecule has 0 unspecified atom stereocenters. The molecule has 0 aliphatic heterocycles. The van der Waals surface area contributed by atoms with Crippen molar-refractivity contribution in [3.05, 3.63) is 65.3 Å². The first kappa shape index (κ1) is 23.1. The number of hydrogen-bond acceptors (Lipinski definition) is 5. The van der Waals surface area contributed by atoms with E-state index in [2.05, 4.69) is 5.10 Å². The lowest BCUT2D eigenvalue weighted by Gasteiger charge is -2.31. The Morgan fingerprint density at radius 1 is 0.970 bits per heavy atom. The van der Waals surface area contributed by atoms with Crippen molar-refractivity contribution in [1.29, 1.82) is 0 Å². The molecule has 8 heteroatoms. The normalized spacial score (nSPS) is 12.3. The highest BCUT2D eigenvalue weighted by Crippen LogP contribution is 2.50. The van der Waals surface area contributed by atoms with Gasteiger partial charge in [-0.25, -0.2) is 0 Å². The average molecular weight is 468 g/mol. The molecule has 0 amide bonds. The number of benzene rings is 2. The molecule has 0 saturated carbocycles. The summed E-state index contributed by atoms with van der Waals surface area (Å²) < 4.78 is 30.5. The third kappa shape index (κ3) is 4.42. The van der Waals surface area contributed by atoms with E-state index >= 15 is 0 Å². The first-order valence-corrected chi connectivity index (χ1v) is 12.6. The van der Waals surface area contributed by atoms with Gasteiger partial charge in [0.2, 0.25) is 0 Å². The Morgan fingerprint density at radius 2 is 1.76 bits per heavy atom. The second-order valence-electron chi connectivity index (χ2n) is 8.08. The highest BCUT2D eigenvalue weighted by Gasteiger charge is 2.19. The van der Waals surface area contributed by atoms with E-state index in [0.29, 0.717) is 22.6 Å². The first-order chi connectivity index (χ1) is 15.7. The Balaban J connectivity index is 2.02. The molecule has 4 aromatic rings. The number of ether oxygens (including phenoxy) is 1. The molecule has 2 heterocycles. The van der Waals surface area contributed by atoms with Crippen molar-refractivity contribution in [3.63, 3.8) is 0 Å². The van der Waals surface area contributed by atoms with Gasteiger partial charge in [0.15, 0.2) is 0 Å². The fraction of sp³-hybridized carbons (Fsp3) is 0.280. The van der Waals surface area contributed by atoms with Gasteiger partial charge in [-0.3, -0.25) is 18.6 Å². The summed E-state index contributed by atoms with van der Waals surface area (Å²) in [5, 5.41) is 5.61. The summed E-state index contributed by atoms with van der Waals surface area (Å²) in [5.41, 5.74) is 3.30. The summed E-state index contributed by atoms with van der Waals surface area (Å²) in [5.74, 6) is 0.861. The molecule has 0 fully saturated rings. The molecule has 0 aliphatic rings. The Morgan fingerprint density at radius 3 is 2.42 bits per heavy atom. The van der Waals surface area contributed by atoms with Gasteiger partial charge in [0.1, 0.15) is 5.75 Å². The minimum atomic E-state index is -2.92. The highest BCUT2D eigenvalue weighted by molar-refractivity contribution is 8.24. The van der Waals surface area contributed by atoms with Crippen LogP contribution in [-0.4, -0.2) is 35.8 Å². The lowest BCUT2D eigenvalue weighted by atomic mass is 9.97. The van der Waals surface area contributed by atoms with Gasteiger partial charge in [-0.15, -0.1) is 0 Å². The van der Waals surface area contributed by atoms with Gasteiger partial charge >= 0.3 is 0 Å². The number of nitrogens with zero attached hydrogens (tertiary/aromatic N) is 3. The van der Waals surface area contributed by atoms with E-state index in [1.54, 1.807) is 53.8 Å². The minimum Gasteiger partial charge on any atom is -0.493 e. The third-order valence-corrected chi connectivity index (χ3v) is 7.52. The van der Waals surface area contributed by atoms with Gasteiger partial charge in [0.05, 0.1) is 17.7 Å². The Labute approximate surface area is 194 Å². The van der Waals surface area contributed by atoms with Crippen LogP contribution in [0.4, 0.5) is 0 Å². The number of rotatable bonds is 7. The standard InChI is InChI=1S/C25H29N3O4S/c1-5-11-32-24-10-8-19(33(30,31)6-2)13-22(24)23-16-27(3)25(29)20-9-7-17(12-21(20)23)18-14-26-28(4)15-18/h7-10,12-16,30-31H,5-6,11H2,1-4H3. The number of fused-ring (bicyclic) bond motifs is 1. The quantitative estimate of drug-likeness (QED) is 0.373. The molecular weight excluding hydrogens is 438 g/mol. The van der Waals surface area contributed by atoms with E-state index in [4.69, 9.17) is 4.74 Å². The molecule has 4 rings (SSSR count). The number of hydrogen-bond donors (Lipinski definition) is 2. The fourth-order valence-electron chi connectivity index (χ4n) is 3.86. The van der Waals surface area contributed by atoms with Gasteiger partial charge in [-0.05, 0) is 54.6 Å². The zero-order valence-corrected chi connectivity index (χ0v) is 20.1. The van der Waals surface area contributed by atoms with Crippen LogP contribution < -0.4 is 10.3 Å². The smallest absolute Gasteiger partial charge is 0.258 e. The lowest BCUT2D eigenvalue weighted by Crippen LogP contribution is -2.16. The average Bonchev–Trinajstić information content (AvgIpc) is 3.26. The predicted molar refractivity (Wildman–Crippen MR) is 134 cm³/mol. The maximum atomic E-state index is 12.9. The molecule has 0 radical (unpaired) electrons. The molecule has 7 nitrogen and oxygen atoms in total. The number of pyridine rings is 1. The Hall–Kier alpha value is -3.07. The Bertz CT molecular complexity index is 1370. The second kappa shape index (κ2) is 9.05. The van der Waals surface area contributed by atoms with Crippen LogP contribution in [0.1, 0.15) is 20.3 Å². The van der Waals surface area contributed by atoms with Crippen molar-refractivity contribution in [2.75, 3.05) is 12.4 Å². The fourth-order valence-corrected chi connectivity index (χ4v) is 4.78. The van der Waals surface area contributed by atoms with Crippen molar-refractivity contribution >= 4 is 21.4 Å². The molecule has 33 heavy (non-hydrogen) atoms. The molecule has 0 atom stereocenters. The third-order valence-electron chi connectivity index (χ3n) is 5.70. The highest BCUT2D eigenvalue weighted by atomic mass is 32.3. The van der Waals surface area contributed by atoms with Crippen molar-refractivity contribution in [1.82, 2.24) is 14.3 Å². The maximum Gasteiger partial charge on any atom is 0.258 e. The zero-order valence-electron chi connectivity index (χ0n) is 19.3. The summed E-state index contributed by atoms with van der Waals surface area (Å²) >= 11 is 0. The summed E-state index contributed by atoms with van der Waals surface area (Å²) in [6, 6.07) is 11.0. The topological polar surface area (TPSA) is 89.5 Å². The Kier molecular flexibility index (Phi) is 6.34. The van der Waals surface area contributed by atoms with Crippen molar-refractivity contribution in [2.24, 2.45) is 14.1 Å². The second-order valence-corrected chi connectivity index (χ2v) is 10.5. The van der Waals surface area contributed by atoms with Gasteiger partial charge in [0, 0.05) is 54.3 Å². The summed E-state index contributed by atoms with van der Waals surface area (Å²) in [6.45, 7) is 4.31. The van der Waals surface area contributed by atoms with E-state index in [9.17, 15) is 13.9 Å². The summed E-state index contributed by atoms with van der Waals surface area (Å²) in [7, 11) is 0.659. The largest absolute Gasteiger partial charge is 0.493 e. The van der Waals surface area contributed by atoms with Crippen molar-refractivity contribution < 1.29 is 13.8 Å². The summed E-state index contributed by atoms with van der Waals surface area (Å²) in [6.07, 6.45) is 6.33. The van der Waals surface area contributed by atoms with Crippen LogP contribution >= 0.6 is 10.6 Å². The van der Waals surface area contributed by atoms with Crippen LogP contribution in [0.3, 0.4) is 0 Å². The first-order valence-electron chi connectivity index (χ1n) is 10.9. The molecule has 2 aromatic carbocycles. The summed E-state index contributed by atoms with van der Waals surface area (Å²) in [4.78, 5) is 13.4. The number of aromatic nitrogens is 3. The van der Waals surface area contributed by atoms with E-state index < -0.39 is 10.6 Å². The predicted octanol–water partition coefficient (Wildman–Crippen LogP) is 5.52. The zero-order chi connectivity index (χ0) is 23.8. The van der Waals surface area contributed by atoms with E-state index in [-0.39, 0.29) is 11.3 Å². The van der Waals surface area contributed by atoms with Crippen molar-refractivity contribution in [2.45, 2.75) is 25.2 Å².